The summed E-state index contributed by atoms with van der Waals surface area (Å²) in [6.45, 7) is 0. The number of rotatable bonds is 2. The Morgan fingerprint density at radius 2 is 2.00 bits per heavy atom. The van der Waals surface area contributed by atoms with Gasteiger partial charge in [-0.05, 0) is 0 Å². The zero-order valence-electron chi connectivity index (χ0n) is 6.38. The monoisotopic (exact) mass is 163 g/mol. The van der Waals surface area contributed by atoms with Crippen molar-refractivity contribution in [2.45, 2.75) is 0 Å². The predicted octanol–water partition coefficient (Wildman–Crippen LogP) is 0.809. The maximum Gasteiger partial charge on any atom is 0.111 e. The van der Waals surface area contributed by atoms with E-state index in [0.29, 0.717) is 5.71 Å². The largest absolute Gasteiger partial charge is 0.411 e. The van der Waals surface area contributed by atoms with Crippen molar-refractivity contribution in [3.05, 3.63) is 35.9 Å². The lowest BCUT2D eigenvalue weighted by atomic mass is 10.1. The van der Waals surface area contributed by atoms with Gasteiger partial charge < -0.3 is 11.0 Å². The van der Waals surface area contributed by atoms with Gasteiger partial charge in [-0.3, -0.25) is 0 Å². The minimum Gasteiger partial charge on any atom is -0.411 e. The van der Waals surface area contributed by atoms with Crippen LogP contribution in [0, 0.1) is 0 Å². The van der Waals surface area contributed by atoms with Gasteiger partial charge in [-0.1, -0.05) is 35.5 Å². The highest BCUT2D eigenvalue weighted by molar-refractivity contribution is 6.37. The number of oxime groups is 1. The smallest absolute Gasteiger partial charge is 0.111 e. The molecule has 0 aliphatic carbocycles. The molecule has 0 saturated heterocycles. The Kier molecular flexibility index (Phi) is 2.84. The van der Waals surface area contributed by atoms with Crippen molar-refractivity contribution >= 4 is 11.9 Å². The molecule has 0 aliphatic heterocycles. The third-order valence-electron chi connectivity index (χ3n) is 1.39. The van der Waals surface area contributed by atoms with Crippen LogP contribution in [0.2, 0.25) is 0 Å². The van der Waals surface area contributed by atoms with E-state index in [1.807, 2.05) is 30.3 Å². The topological polar surface area (TPSA) is 71.0 Å². The highest BCUT2D eigenvalue weighted by Crippen LogP contribution is 1.98. The van der Waals surface area contributed by atoms with Gasteiger partial charge in [0, 0.05) is 5.56 Å². The minimum atomic E-state index is 0.443. The fourth-order valence-corrected chi connectivity index (χ4v) is 0.846. The molecule has 0 aliphatic rings. The van der Waals surface area contributed by atoms with Crippen LogP contribution in [0.5, 0.6) is 0 Å². The second-order valence-corrected chi connectivity index (χ2v) is 2.12. The number of benzene rings is 1. The molecule has 0 saturated carbocycles. The van der Waals surface area contributed by atoms with E-state index in [2.05, 4.69) is 10.3 Å². The van der Waals surface area contributed by atoms with Crippen LogP contribution in [0.25, 0.3) is 0 Å². The Labute approximate surface area is 70.0 Å². The first kappa shape index (κ1) is 8.26. The fraction of sp³-hybridized carbons (Fsp3) is 0. The average molecular weight is 163 g/mol. The van der Waals surface area contributed by atoms with E-state index in [4.69, 9.17) is 11.0 Å². The molecule has 0 aromatic heterocycles. The van der Waals surface area contributed by atoms with Crippen molar-refractivity contribution in [1.29, 1.82) is 0 Å². The van der Waals surface area contributed by atoms with Crippen LogP contribution in [-0.4, -0.2) is 17.1 Å². The molecule has 4 heteroatoms. The third kappa shape index (κ3) is 1.82. The third-order valence-corrected chi connectivity index (χ3v) is 1.39. The van der Waals surface area contributed by atoms with Gasteiger partial charge in [0.25, 0.3) is 0 Å². The van der Waals surface area contributed by atoms with Gasteiger partial charge in [0.15, 0.2) is 0 Å². The van der Waals surface area contributed by atoms with Crippen molar-refractivity contribution in [1.82, 2.24) is 0 Å². The SMILES string of the molecule is N/N=C(\C=N\O)c1ccccc1. The molecule has 0 spiro atoms. The van der Waals surface area contributed by atoms with Crippen molar-refractivity contribution in [3.8, 4) is 0 Å². The average Bonchev–Trinajstić information content (AvgIpc) is 2.15. The molecule has 0 radical (unpaired) electrons. The molecular weight excluding hydrogens is 154 g/mol. The van der Waals surface area contributed by atoms with E-state index in [0.717, 1.165) is 5.56 Å². The molecule has 1 aromatic carbocycles. The summed E-state index contributed by atoms with van der Waals surface area (Å²) in [6, 6.07) is 9.24. The van der Waals surface area contributed by atoms with Crippen LogP contribution < -0.4 is 5.84 Å². The number of hydrogen-bond donors (Lipinski definition) is 2. The van der Waals surface area contributed by atoms with Gasteiger partial charge in [-0.2, -0.15) is 5.10 Å². The van der Waals surface area contributed by atoms with E-state index >= 15 is 0 Å². The Morgan fingerprint density at radius 3 is 2.50 bits per heavy atom. The number of hydrogen-bond acceptors (Lipinski definition) is 4. The van der Waals surface area contributed by atoms with Crippen LogP contribution in [-0.2, 0) is 0 Å². The molecule has 62 valence electrons. The summed E-state index contributed by atoms with van der Waals surface area (Å²) in [7, 11) is 0. The van der Waals surface area contributed by atoms with Gasteiger partial charge >= 0.3 is 0 Å². The maximum atomic E-state index is 8.26. The van der Waals surface area contributed by atoms with Crippen molar-refractivity contribution < 1.29 is 5.21 Å². The second-order valence-electron chi connectivity index (χ2n) is 2.12. The maximum absolute atomic E-state index is 8.26. The molecule has 0 heterocycles. The summed E-state index contributed by atoms with van der Waals surface area (Å²) < 4.78 is 0. The van der Waals surface area contributed by atoms with Crippen LogP contribution in [0.3, 0.4) is 0 Å². The highest BCUT2D eigenvalue weighted by Gasteiger charge is 1.97. The molecule has 12 heavy (non-hydrogen) atoms. The van der Waals surface area contributed by atoms with Gasteiger partial charge in [0.1, 0.15) is 5.71 Å². The number of nitrogens with zero attached hydrogens (tertiary/aromatic N) is 2. The Bertz CT molecular complexity index is 292. The molecule has 0 fully saturated rings. The molecule has 0 atom stereocenters. The fourth-order valence-electron chi connectivity index (χ4n) is 0.846. The summed E-state index contributed by atoms with van der Waals surface area (Å²) in [6.07, 6.45) is 1.19. The first-order valence-electron chi connectivity index (χ1n) is 3.39. The summed E-state index contributed by atoms with van der Waals surface area (Å²) in [5, 5.41) is 14.6. The molecule has 0 unspecified atom stereocenters. The number of nitrogens with two attached hydrogens (primary N) is 1. The Balaban J connectivity index is 2.97. The van der Waals surface area contributed by atoms with E-state index in [-0.39, 0.29) is 0 Å². The lowest BCUT2D eigenvalue weighted by Crippen LogP contribution is -2.05. The van der Waals surface area contributed by atoms with Crippen molar-refractivity contribution in [2.75, 3.05) is 0 Å². The van der Waals surface area contributed by atoms with Gasteiger partial charge in [-0.15, -0.1) is 0 Å². The molecule has 1 rings (SSSR count). The van der Waals surface area contributed by atoms with Crippen molar-refractivity contribution in [2.24, 2.45) is 16.1 Å². The summed E-state index contributed by atoms with van der Waals surface area (Å²) in [5.41, 5.74) is 1.26. The number of hydrazone groups is 1. The first-order valence-corrected chi connectivity index (χ1v) is 3.39. The molecule has 0 amide bonds. The zero-order valence-corrected chi connectivity index (χ0v) is 6.38. The molecule has 4 nitrogen and oxygen atoms in total. The van der Waals surface area contributed by atoms with E-state index < -0.39 is 0 Å². The quantitative estimate of drug-likeness (QED) is 0.293. The van der Waals surface area contributed by atoms with Gasteiger partial charge in [0.05, 0.1) is 6.21 Å². The van der Waals surface area contributed by atoms with Crippen LogP contribution in [0.1, 0.15) is 5.56 Å². The van der Waals surface area contributed by atoms with Gasteiger partial charge in [-0.25, -0.2) is 0 Å². The minimum absolute atomic E-state index is 0.443. The van der Waals surface area contributed by atoms with E-state index in [1.54, 1.807) is 0 Å². The molecule has 0 bridgehead atoms. The molecular formula is C8H9N3O. The summed E-state index contributed by atoms with van der Waals surface area (Å²) in [5.74, 6) is 5.08. The highest BCUT2D eigenvalue weighted by atomic mass is 16.4. The normalized spacial score (nSPS) is 12.2. The van der Waals surface area contributed by atoms with Crippen molar-refractivity contribution in [3.63, 3.8) is 0 Å². The first-order chi connectivity index (χ1) is 5.88. The molecule has 3 N–H and O–H groups in total. The standard InChI is InChI=1S/C8H9N3O/c9-11-8(6-10-12)7-4-2-1-3-5-7/h1-6,12H,9H2/b10-6+,11-8+. The van der Waals surface area contributed by atoms with Gasteiger partial charge in [0.2, 0.25) is 0 Å². The van der Waals surface area contributed by atoms with Crippen LogP contribution >= 0.6 is 0 Å². The summed E-state index contributed by atoms with van der Waals surface area (Å²) >= 11 is 0. The van der Waals surface area contributed by atoms with E-state index in [9.17, 15) is 0 Å². The van der Waals surface area contributed by atoms with Crippen LogP contribution in [0.15, 0.2) is 40.6 Å². The second kappa shape index (κ2) is 4.12. The lowest BCUT2D eigenvalue weighted by molar-refractivity contribution is 0.322. The molecule has 1 aromatic rings. The summed E-state index contributed by atoms with van der Waals surface area (Å²) in [4.78, 5) is 0. The predicted molar refractivity (Wildman–Crippen MR) is 47.4 cm³/mol. The Morgan fingerprint density at radius 1 is 1.33 bits per heavy atom. The Hall–Kier alpha value is -1.84. The zero-order chi connectivity index (χ0) is 8.81. The van der Waals surface area contributed by atoms with Crippen LogP contribution in [0.4, 0.5) is 0 Å². The van der Waals surface area contributed by atoms with E-state index in [1.165, 1.54) is 6.21 Å². The lowest BCUT2D eigenvalue weighted by Gasteiger charge is -1.96.